The summed E-state index contributed by atoms with van der Waals surface area (Å²) in [5, 5.41) is 20.0. The zero-order chi connectivity index (χ0) is 46.6. The maximum atomic E-state index is 14.7. The van der Waals surface area contributed by atoms with Gasteiger partial charge in [0, 0.05) is 42.6 Å². The van der Waals surface area contributed by atoms with Crippen molar-refractivity contribution in [1.82, 2.24) is 26.2 Å². The molecule has 0 unspecified atom stereocenters. The first-order chi connectivity index (χ1) is 30.9. The number of unbranched alkanes of at least 4 members (excludes halogenated alkanes) is 5. The van der Waals surface area contributed by atoms with Gasteiger partial charge in [-0.15, -0.1) is 11.8 Å². The first-order valence-electron chi connectivity index (χ1n) is 22.0. The number of nitriles is 1. The first kappa shape index (κ1) is 51.0. The molecule has 4 atom stereocenters. The largest absolute Gasteiger partial charge is 0.492 e. The van der Waals surface area contributed by atoms with E-state index in [1.165, 1.54) is 56.3 Å². The SMILES string of the molecule is CCCCCCCCc1ccc(C(=O)N[C@@H](CCN)C(=O)N(C)[C@@H]2C(=O)N[C@@H](C)C(=O)N[C@H](C(=O)NCC#N)Cc3ccc(OCCN)c(c3)-c3cc2ccc3OCCN)c(SC)c1. The second-order valence-corrected chi connectivity index (χ2v) is 16.6. The second-order valence-electron chi connectivity index (χ2n) is 15.7. The van der Waals surface area contributed by atoms with E-state index in [-0.39, 0.29) is 52.2 Å². The molecular weight excluding hydrogens is 835 g/mol. The van der Waals surface area contributed by atoms with Crippen molar-refractivity contribution in [2.45, 2.75) is 101 Å². The van der Waals surface area contributed by atoms with Gasteiger partial charge in [-0.2, -0.15) is 5.26 Å². The number of rotatable bonds is 22. The molecule has 1 aliphatic rings. The van der Waals surface area contributed by atoms with Gasteiger partial charge in [0.15, 0.2) is 0 Å². The van der Waals surface area contributed by atoms with Crippen LogP contribution in [0.4, 0.5) is 0 Å². The lowest BCUT2D eigenvalue weighted by Gasteiger charge is -2.32. The molecule has 0 aliphatic carbocycles. The highest BCUT2D eigenvalue weighted by Gasteiger charge is 2.36. The molecule has 17 heteroatoms. The lowest BCUT2D eigenvalue weighted by Crippen LogP contribution is -2.56. The van der Waals surface area contributed by atoms with Crippen LogP contribution < -0.4 is 47.9 Å². The van der Waals surface area contributed by atoms with Crippen LogP contribution >= 0.6 is 11.8 Å². The van der Waals surface area contributed by atoms with Gasteiger partial charge in [-0.25, -0.2) is 0 Å². The Kier molecular flexibility index (Phi) is 20.9. The molecule has 0 fully saturated rings. The summed E-state index contributed by atoms with van der Waals surface area (Å²) < 4.78 is 12.2. The van der Waals surface area contributed by atoms with Gasteiger partial charge in [-0.1, -0.05) is 57.2 Å². The van der Waals surface area contributed by atoms with Crippen LogP contribution in [0, 0.1) is 11.3 Å². The molecule has 4 rings (SSSR count). The third-order valence-electron chi connectivity index (χ3n) is 10.9. The molecule has 0 radical (unpaired) electrons. The van der Waals surface area contributed by atoms with Crippen LogP contribution in [0.15, 0.2) is 59.5 Å². The molecule has 0 aromatic heterocycles. The van der Waals surface area contributed by atoms with Crippen LogP contribution in [0.25, 0.3) is 11.1 Å². The molecule has 3 aromatic rings. The highest BCUT2D eigenvalue weighted by Crippen LogP contribution is 2.40. The minimum absolute atomic E-state index is 0.0163. The second kappa shape index (κ2) is 26.2. The van der Waals surface area contributed by atoms with Gasteiger partial charge in [-0.05, 0) is 92.1 Å². The molecule has 4 bridgehead atoms. The maximum absolute atomic E-state index is 14.7. The normalized spacial score (nSPS) is 16.6. The average Bonchev–Trinajstić information content (AvgIpc) is 3.29. The van der Waals surface area contributed by atoms with E-state index in [1.54, 1.807) is 42.5 Å². The monoisotopic (exact) mass is 899 g/mol. The van der Waals surface area contributed by atoms with Gasteiger partial charge in [-0.3, -0.25) is 24.0 Å². The highest BCUT2D eigenvalue weighted by atomic mass is 32.2. The van der Waals surface area contributed by atoms with Crippen molar-refractivity contribution < 1.29 is 33.4 Å². The van der Waals surface area contributed by atoms with E-state index in [1.807, 2.05) is 24.5 Å². The number of fused-ring (bicyclic) bond motifs is 5. The molecule has 1 heterocycles. The number of benzene rings is 3. The number of nitrogens with zero attached hydrogens (tertiary/aromatic N) is 2. The van der Waals surface area contributed by atoms with Gasteiger partial charge >= 0.3 is 0 Å². The van der Waals surface area contributed by atoms with E-state index in [0.717, 1.165) is 29.7 Å². The van der Waals surface area contributed by atoms with Crippen LogP contribution in [0.5, 0.6) is 11.5 Å². The lowest BCUT2D eigenvalue weighted by molar-refractivity contribution is -0.141. The Morgan fingerprint density at radius 1 is 0.891 bits per heavy atom. The molecule has 0 spiro atoms. The Hall–Kier alpha value is -5.67. The number of aryl methyl sites for hydroxylation is 1. The molecule has 10 N–H and O–H groups in total. The number of hydrogen-bond acceptors (Lipinski definition) is 12. The summed E-state index contributed by atoms with van der Waals surface area (Å²) in [6, 6.07) is 13.1. The Morgan fingerprint density at radius 2 is 1.56 bits per heavy atom. The average molecular weight is 900 g/mol. The highest BCUT2D eigenvalue weighted by molar-refractivity contribution is 7.98. The molecule has 1 aliphatic heterocycles. The quantitative estimate of drug-likeness (QED) is 0.0435. The standard InChI is InChI=1S/C47H65N9O7S/c1-5-6-7-8-9-10-11-31-12-15-34(41(28-31)64-4)44(58)54-37(18-19-48)47(61)56(3)42-33-14-17-40(63-25-22-51)36(29-33)35-26-32(13-16-39(35)62-24-21-50)27-38(45(59)52-23-20-49)55-43(57)30(2)53-46(42)60/h12-17,26,28-30,37-38,42H,5-11,18-19,21-25,27,48,50-51H2,1-4H3,(H,52,59)(H,53,60)(H,54,58)(H,55,57)/t30-,37-,38-,42-/m0/s1. The molecule has 64 heavy (non-hydrogen) atoms. The van der Waals surface area contributed by atoms with Crippen molar-refractivity contribution in [3.05, 3.63) is 76.9 Å². The topological polar surface area (TPSA) is 257 Å². The van der Waals surface area contributed by atoms with Crippen LogP contribution in [-0.2, 0) is 32.0 Å². The van der Waals surface area contributed by atoms with Crippen LogP contribution in [0.3, 0.4) is 0 Å². The minimum Gasteiger partial charge on any atom is -0.492 e. The Balaban J connectivity index is 1.77. The van der Waals surface area contributed by atoms with Crippen LogP contribution in [0.1, 0.15) is 91.9 Å². The molecule has 5 amide bonds. The number of carbonyl (C=O) groups excluding carboxylic acids is 5. The predicted molar refractivity (Wildman–Crippen MR) is 249 cm³/mol. The van der Waals surface area contributed by atoms with Crippen molar-refractivity contribution in [3.63, 3.8) is 0 Å². The molecule has 0 saturated carbocycles. The number of thioether (sulfide) groups is 1. The summed E-state index contributed by atoms with van der Waals surface area (Å²) >= 11 is 1.45. The van der Waals surface area contributed by atoms with Crippen molar-refractivity contribution >= 4 is 41.3 Å². The van der Waals surface area contributed by atoms with Gasteiger partial charge in [0.2, 0.25) is 23.6 Å². The number of amides is 5. The van der Waals surface area contributed by atoms with Crippen molar-refractivity contribution in [2.24, 2.45) is 17.2 Å². The molecule has 0 saturated heterocycles. The van der Waals surface area contributed by atoms with E-state index in [0.29, 0.717) is 39.3 Å². The van der Waals surface area contributed by atoms with E-state index in [4.69, 9.17) is 31.9 Å². The predicted octanol–water partition coefficient (Wildman–Crippen LogP) is 3.49. The van der Waals surface area contributed by atoms with Crippen LogP contribution in [-0.4, -0.2) is 105 Å². The molecule has 3 aromatic carbocycles. The van der Waals surface area contributed by atoms with Crippen molar-refractivity contribution in [3.8, 4) is 28.7 Å². The number of nitrogens with one attached hydrogen (secondary N) is 4. The lowest BCUT2D eigenvalue weighted by atomic mass is 9.93. The fraction of sp³-hybridized carbons (Fsp3) is 0.489. The Labute approximate surface area is 381 Å². The Morgan fingerprint density at radius 3 is 2.22 bits per heavy atom. The van der Waals surface area contributed by atoms with E-state index >= 15 is 0 Å². The molecular formula is C47H65N9O7S. The number of likely N-dealkylation sites (N-methyl/N-ethyl adjacent to an activating group) is 1. The molecule has 346 valence electrons. The zero-order valence-corrected chi connectivity index (χ0v) is 38.3. The zero-order valence-electron chi connectivity index (χ0n) is 37.5. The minimum atomic E-state index is -1.36. The van der Waals surface area contributed by atoms with Gasteiger partial charge in [0.05, 0.1) is 11.6 Å². The fourth-order valence-corrected chi connectivity index (χ4v) is 8.20. The van der Waals surface area contributed by atoms with Gasteiger partial charge in [0.1, 0.15) is 55.4 Å². The molecule has 16 nitrogen and oxygen atoms in total. The number of carbonyl (C=O) groups is 5. The van der Waals surface area contributed by atoms with E-state index in [2.05, 4.69) is 28.2 Å². The number of hydrogen-bond donors (Lipinski definition) is 7. The summed E-state index contributed by atoms with van der Waals surface area (Å²) in [5.74, 6) is -2.26. The summed E-state index contributed by atoms with van der Waals surface area (Å²) in [5.41, 5.74) is 21.2. The summed E-state index contributed by atoms with van der Waals surface area (Å²) in [6.45, 7) is 4.14. The van der Waals surface area contributed by atoms with E-state index in [9.17, 15) is 24.0 Å². The number of ether oxygens (including phenoxy) is 2. The van der Waals surface area contributed by atoms with Gasteiger partial charge in [0.25, 0.3) is 5.91 Å². The third-order valence-corrected chi connectivity index (χ3v) is 11.7. The maximum Gasteiger partial charge on any atom is 0.253 e. The third kappa shape index (κ3) is 14.2. The summed E-state index contributed by atoms with van der Waals surface area (Å²) in [7, 11) is 1.45. The Bertz CT molecular complexity index is 2110. The van der Waals surface area contributed by atoms with Crippen LogP contribution in [0.2, 0.25) is 0 Å². The van der Waals surface area contributed by atoms with Gasteiger partial charge < -0.3 is 52.8 Å². The first-order valence-corrected chi connectivity index (χ1v) is 23.3. The smallest absolute Gasteiger partial charge is 0.253 e. The van der Waals surface area contributed by atoms with Crippen molar-refractivity contribution in [1.29, 1.82) is 5.26 Å². The van der Waals surface area contributed by atoms with Crippen molar-refractivity contribution in [2.75, 3.05) is 52.7 Å². The fourth-order valence-electron chi connectivity index (χ4n) is 7.55. The van der Waals surface area contributed by atoms with E-state index < -0.39 is 53.7 Å². The summed E-state index contributed by atoms with van der Waals surface area (Å²) in [6.07, 6.45) is 9.96. The summed E-state index contributed by atoms with van der Waals surface area (Å²) in [4.78, 5) is 72.3. The number of nitrogens with two attached hydrogens (primary N) is 3.